The maximum Gasteiger partial charge on any atom is 0.265 e. The lowest BCUT2D eigenvalue weighted by Gasteiger charge is -2.06. The number of thiophene rings is 1. The molecule has 6 heteroatoms. The molecular formula is C19H14BrNO2S2. The second-order valence-corrected chi connectivity index (χ2v) is 8.09. The summed E-state index contributed by atoms with van der Waals surface area (Å²) in [5, 5.41) is 4.73. The van der Waals surface area contributed by atoms with E-state index in [0.29, 0.717) is 16.2 Å². The topological polar surface area (TPSA) is 46.2 Å². The fourth-order valence-electron chi connectivity index (χ4n) is 2.10. The average molecular weight is 432 g/mol. The van der Waals surface area contributed by atoms with Crippen molar-refractivity contribution in [1.82, 2.24) is 0 Å². The molecule has 0 bridgehead atoms. The van der Waals surface area contributed by atoms with Crippen LogP contribution in [-0.2, 0) is 0 Å². The minimum atomic E-state index is -0.110. The van der Waals surface area contributed by atoms with Crippen LogP contribution >= 0.6 is 39.0 Å². The second kappa shape index (κ2) is 8.47. The van der Waals surface area contributed by atoms with E-state index in [1.54, 1.807) is 6.07 Å². The van der Waals surface area contributed by atoms with Crippen molar-refractivity contribution in [2.45, 2.75) is 4.90 Å². The first kappa shape index (κ1) is 17.9. The van der Waals surface area contributed by atoms with Gasteiger partial charge in [0.25, 0.3) is 5.91 Å². The highest BCUT2D eigenvalue weighted by Gasteiger charge is 2.08. The van der Waals surface area contributed by atoms with Gasteiger partial charge in [0.1, 0.15) is 0 Å². The number of carbonyl (C=O) groups excluding carboxylic acids is 2. The molecule has 1 heterocycles. The largest absolute Gasteiger partial charge is 0.321 e. The third-order valence-electron chi connectivity index (χ3n) is 3.39. The van der Waals surface area contributed by atoms with Crippen LogP contribution in [0, 0.1) is 0 Å². The van der Waals surface area contributed by atoms with E-state index in [1.807, 2.05) is 60.0 Å². The van der Waals surface area contributed by atoms with Gasteiger partial charge >= 0.3 is 0 Å². The number of hydrogen-bond donors (Lipinski definition) is 1. The third-order valence-corrected chi connectivity index (χ3v) is 5.80. The Labute approximate surface area is 162 Å². The lowest BCUT2D eigenvalue weighted by atomic mass is 10.2. The molecule has 0 atom stereocenters. The highest BCUT2D eigenvalue weighted by Crippen LogP contribution is 2.22. The Kier molecular flexibility index (Phi) is 6.07. The molecular weight excluding hydrogens is 418 g/mol. The number of amides is 1. The predicted molar refractivity (Wildman–Crippen MR) is 108 cm³/mol. The van der Waals surface area contributed by atoms with E-state index in [0.717, 1.165) is 15.1 Å². The van der Waals surface area contributed by atoms with Gasteiger partial charge in [-0.05, 0) is 47.8 Å². The number of Topliss-reactive ketones (excluding diaryl/α,β-unsaturated/α-hetero) is 1. The fourth-order valence-corrected chi connectivity index (χ4v) is 3.78. The lowest BCUT2D eigenvalue weighted by molar-refractivity contribution is 0.101. The summed E-state index contributed by atoms with van der Waals surface area (Å²) >= 11 is 6.25. The Morgan fingerprint density at radius 2 is 1.72 bits per heavy atom. The van der Waals surface area contributed by atoms with E-state index in [2.05, 4.69) is 21.2 Å². The molecule has 25 heavy (non-hydrogen) atoms. The molecule has 1 amide bonds. The van der Waals surface area contributed by atoms with Gasteiger partial charge in [-0.15, -0.1) is 23.1 Å². The Balaban J connectivity index is 1.54. The van der Waals surface area contributed by atoms with Crippen LogP contribution in [-0.4, -0.2) is 17.4 Å². The van der Waals surface area contributed by atoms with E-state index in [-0.39, 0.29) is 11.7 Å². The smallest absolute Gasteiger partial charge is 0.265 e. The molecule has 1 N–H and O–H groups in total. The summed E-state index contributed by atoms with van der Waals surface area (Å²) in [6, 6.07) is 18.5. The minimum Gasteiger partial charge on any atom is -0.321 e. The molecule has 0 unspecified atom stereocenters. The van der Waals surface area contributed by atoms with Gasteiger partial charge in [-0.1, -0.05) is 34.1 Å². The first-order chi connectivity index (χ1) is 12.1. The van der Waals surface area contributed by atoms with Crippen molar-refractivity contribution in [3.8, 4) is 0 Å². The predicted octanol–water partition coefficient (Wildman–Crippen LogP) is 5.74. The van der Waals surface area contributed by atoms with Gasteiger partial charge < -0.3 is 5.32 Å². The first-order valence-corrected chi connectivity index (χ1v) is 10.1. The summed E-state index contributed by atoms with van der Waals surface area (Å²) < 4.78 is 0.955. The lowest BCUT2D eigenvalue weighted by Crippen LogP contribution is -2.09. The van der Waals surface area contributed by atoms with Gasteiger partial charge in [-0.2, -0.15) is 0 Å². The normalized spacial score (nSPS) is 10.4. The summed E-state index contributed by atoms with van der Waals surface area (Å²) in [6.07, 6.45) is 0. The quantitative estimate of drug-likeness (QED) is 0.399. The molecule has 0 aliphatic heterocycles. The molecule has 126 valence electrons. The van der Waals surface area contributed by atoms with Gasteiger partial charge in [0, 0.05) is 20.6 Å². The Morgan fingerprint density at radius 3 is 2.36 bits per heavy atom. The molecule has 3 rings (SSSR count). The molecule has 0 fully saturated rings. The van der Waals surface area contributed by atoms with Crippen LogP contribution in [0.4, 0.5) is 5.69 Å². The number of benzene rings is 2. The van der Waals surface area contributed by atoms with Gasteiger partial charge in [-0.3, -0.25) is 9.59 Å². The number of ketones is 1. The van der Waals surface area contributed by atoms with Crippen LogP contribution < -0.4 is 5.32 Å². The van der Waals surface area contributed by atoms with Gasteiger partial charge in [-0.25, -0.2) is 0 Å². The molecule has 0 saturated heterocycles. The van der Waals surface area contributed by atoms with Crippen LogP contribution in [0.2, 0.25) is 0 Å². The number of halogens is 1. The molecule has 1 aromatic heterocycles. The SMILES string of the molecule is O=C(CSc1ccc(NC(=O)c2cccs2)cc1)c1ccc(Br)cc1. The molecule has 3 aromatic rings. The number of thioether (sulfide) groups is 1. The van der Waals surface area contributed by atoms with Crippen molar-refractivity contribution in [2.75, 3.05) is 11.1 Å². The van der Waals surface area contributed by atoms with E-state index >= 15 is 0 Å². The van der Waals surface area contributed by atoms with E-state index in [1.165, 1.54) is 23.1 Å². The zero-order valence-corrected chi connectivity index (χ0v) is 16.3. The Bertz CT molecular complexity index is 859. The summed E-state index contributed by atoms with van der Waals surface area (Å²) in [6.45, 7) is 0. The molecule has 0 aliphatic carbocycles. The van der Waals surface area contributed by atoms with Crippen molar-refractivity contribution in [1.29, 1.82) is 0 Å². The molecule has 0 saturated carbocycles. The summed E-state index contributed by atoms with van der Waals surface area (Å²) in [5.41, 5.74) is 1.44. The maximum absolute atomic E-state index is 12.2. The highest BCUT2D eigenvalue weighted by atomic mass is 79.9. The summed E-state index contributed by atoms with van der Waals surface area (Å²) in [4.78, 5) is 25.8. The molecule has 0 radical (unpaired) electrons. The number of rotatable bonds is 6. The van der Waals surface area contributed by atoms with Gasteiger partial charge in [0.05, 0.1) is 10.6 Å². The Morgan fingerprint density at radius 1 is 1.00 bits per heavy atom. The van der Waals surface area contributed by atoms with Crippen molar-refractivity contribution in [3.05, 3.63) is 81.0 Å². The minimum absolute atomic E-state index is 0.0903. The highest BCUT2D eigenvalue weighted by molar-refractivity contribution is 9.10. The summed E-state index contributed by atoms with van der Waals surface area (Å²) in [5.74, 6) is 0.358. The standard InChI is InChI=1S/C19H14BrNO2S2/c20-14-5-3-13(4-6-14)17(22)12-25-16-9-7-15(8-10-16)21-19(23)18-2-1-11-24-18/h1-11H,12H2,(H,21,23). The number of anilines is 1. The number of nitrogens with one attached hydrogen (secondary N) is 1. The summed E-state index contributed by atoms with van der Waals surface area (Å²) in [7, 11) is 0. The average Bonchev–Trinajstić information content (AvgIpc) is 3.16. The number of carbonyl (C=O) groups is 2. The fraction of sp³-hybridized carbons (Fsp3) is 0.0526. The van der Waals surface area contributed by atoms with E-state index in [9.17, 15) is 9.59 Å². The van der Waals surface area contributed by atoms with E-state index in [4.69, 9.17) is 0 Å². The van der Waals surface area contributed by atoms with Crippen LogP contribution in [0.1, 0.15) is 20.0 Å². The molecule has 3 nitrogen and oxygen atoms in total. The van der Waals surface area contributed by atoms with Crippen molar-refractivity contribution in [2.24, 2.45) is 0 Å². The van der Waals surface area contributed by atoms with Gasteiger partial charge in [0.2, 0.25) is 0 Å². The van der Waals surface area contributed by atoms with Crippen LogP contribution in [0.15, 0.2) is 75.4 Å². The van der Waals surface area contributed by atoms with Crippen LogP contribution in [0.25, 0.3) is 0 Å². The number of hydrogen-bond acceptors (Lipinski definition) is 4. The third kappa shape index (κ3) is 5.04. The van der Waals surface area contributed by atoms with Crippen LogP contribution in [0.3, 0.4) is 0 Å². The second-order valence-electron chi connectivity index (χ2n) is 5.17. The molecule has 2 aromatic carbocycles. The van der Waals surface area contributed by atoms with Crippen molar-refractivity contribution >= 4 is 56.4 Å². The first-order valence-electron chi connectivity index (χ1n) is 7.48. The zero-order chi connectivity index (χ0) is 17.6. The van der Waals surface area contributed by atoms with Gasteiger partial charge in [0.15, 0.2) is 5.78 Å². The Hall–Kier alpha value is -1.89. The van der Waals surface area contributed by atoms with E-state index < -0.39 is 0 Å². The molecule has 0 aliphatic rings. The van der Waals surface area contributed by atoms with Crippen LogP contribution in [0.5, 0.6) is 0 Å². The zero-order valence-electron chi connectivity index (χ0n) is 13.1. The monoisotopic (exact) mass is 431 g/mol. The maximum atomic E-state index is 12.2. The van der Waals surface area contributed by atoms with Crippen molar-refractivity contribution < 1.29 is 9.59 Å². The van der Waals surface area contributed by atoms with Crippen molar-refractivity contribution in [3.63, 3.8) is 0 Å². The molecule has 0 spiro atoms.